The van der Waals surface area contributed by atoms with Gasteiger partial charge in [-0.3, -0.25) is 0 Å². The minimum Gasteiger partial charge on any atom is -0.244 e. The topological polar surface area (TPSA) is 43.4 Å². The van der Waals surface area contributed by atoms with Gasteiger partial charge in [0.15, 0.2) is 0 Å². The zero-order chi connectivity index (χ0) is 18.8. The molecule has 3 nitrogen and oxygen atoms in total. The fourth-order valence-electron chi connectivity index (χ4n) is 3.37. The van der Waals surface area contributed by atoms with E-state index < -0.39 is 58.3 Å². The first-order valence-corrected chi connectivity index (χ1v) is 8.03. The highest BCUT2D eigenvalue weighted by Crippen LogP contribution is 2.65. The van der Waals surface area contributed by atoms with E-state index in [1.807, 2.05) is 0 Å². The van der Waals surface area contributed by atoms with Crippen LogP contribution in [0.2, 0.25) is 0 Å². The lowest BCUT2D eigenvalue weighted by Crippen LogP contribution is -2.59. The Bertz CT molecular complexity index is 608. The Morgan fingerprint density at radius 1 is 0.875 bits per heavy atom. The van der Waals surface area contributed by atoms with Crippen LogP contribution in [0.25, 0.3) is 0 Å². The van der Waals surface area contributed by atoms with Gasteiger partial charge in [0, 0.05) is 5.41 Å². The maximum atomic E-state index is 14.1. The van der Waals surface area contributed by atoms with Crippen molar-refractivity contribution in [2.75, 3.05) is 0 Å². The quantitative estimate of drug-likeness (QED) is 0.499. The highest BCUT2D eigenvalue weighted by atomic mass is 32.3. The summed E-state index contributed by atoms with van der Waals surface area (Å²) in [7, 11) is -7.40. The lowest BCUT2D eigenvalue weighted by Gasteiger charge is -2.40. The molecule has 2 aliphatic rings. The summed E-state index contributed by atoms with van der Waals surface area (Å²) in [6.07, 6.45) is -13.9. The molecular formula is C11H11F9O3S. The van der Waals surface area contributed by atoms with E-state index in [-0.39, 0.29) is 18.8 Å². The van der Waals surface area contributed by atoms with Crippen molar-refractivity contribution in [1.29, 1.82) is 0 Å². The van der Waals surface area contributed by atoms with Crippen LogP contribution in [0.1, 0.15) is 32.1 Å². The number of ether oxygens (including phenoxy) is 1. The lowest BCUT2D eigenvalue weighted by molar-refractivity contribution is -0.469. The van der Waals surface area contributed by atoms with Gasteiger partial charge in [-0.2, -0.15) is 43.5 Å². The van der Waals surface area contributed by atoms with E-state index in [1.165, 1.54) is 0 Å². The zero-order valence-electron chi connectivity index (χ0n) is 11.6. The van der Waals surface area contributed by atoms with E-state index in [0.717, 1.165) is 0 Å². The van der Waals surface area contributed by atoms with Gasteiger partial charge >= 0.3 is 33.6 Å². The molecule has 142 valence electrons. The molecule has 2 aliphatic carbocycles. The molecule has 0 heterocycles. The Kier molecular flexibility index (Phi) is 4.20. The van der Waals surface area contributed by atoms with Crippen LogP contribution in [0, 0.1) is 11.3 Å². The van der Waals surface area contributed by atoms with Gasteiger partial charge in [-0.1, -0.05) is 3.89 Å². The summed E-state index contributed by atoms with van der Waals surface area (Å²) in [6, 6.07) is 0. The predicted molar refractivity (Wildman–Crippen MR) is 59.9 cm³/mol. The second-order valence-corrected chi connectivity index (χ2v) is 7.48. The van der Waals surface area contributed by atoms with Gasteiger partial charge in [-0.05, 0) is 38.0 Å². The Labute approximate surface area is 130 Å². The third-order valence-electron chi connectivity index (χ3n) is 4.67. The van der Waals surface area contributed by atoms with E-state index in [1.54, 1.807) is 0 Å². The molecule has 0 N–H and O–H groups in total. The van der Waals surface area contributed by atoms with E-state index in [4.69, 9.17) is 0 Å². The number of rotatable bonds is 6. The van der Waals surface area contributed by atoms with Crippen LogP contribution in [0.4, 0.5) is 39.0 Å². The predicted octanol–water partition coefficient (Wildman–Crippen LogP) is 4.30. The molecule has 2 rings (SSSR count). The van der Waals surface area contributed by atoms with Gasteiger partial charge in [-0.15, -0.1) is 0 Å². The van der Waals surface area contributed by atoms with Crippen molar-refractivity contribution < 1.29 is 52.2 Å². The normalized spacial score (nSPS) is 29.3. The standard InChI is InChI=1S/C11H11F9O3S/c12-8(13,7-3-1-6(5-7)2-4-7)9(14,15)23-10(16,17)11(18,19)24(20,21)22/h6H,1-5H2. The average molecular weight is 394 g/mol. The monoisotopic (exact) mass is 394 g/mol. The molecule has 24 heavy (non-hydrogen) atoms. The SMILES string of the molecule is O=S(=O)(F)C(F)(F)C(F)(F)OC(F)(F)C(F)(F)C12CCC(CC1)C2. The molecule has 2 bridgehead atoms. The van der Waals surface area contributed by atoms with Crippen molar-refractivity contribution >= 4 is 10.2 Å². The number of fused-ring (bicyclic) bond motifs is 2. The Hall–Kier alpha value is -0.720. The molecular weight excluding hydrogens is 383 g/mol. The van der Waals surface area contributed by atoms with Crippen LogP contribution in [0.3, 0.4) is 0 Å². The maximum Gasteiger partial charge on any atom is 0.464 e. The van der Waals surface area contributed by atoms with Crippen molar-refractivity contribution in [3.8, 4) is 0 Å². The number of alkyl halides is 8. The summed E-state index contributed by atoms with van der Waals surface area (Å²) in [5, 5.41) is -6.76. The smallest absolute Gasteiger partial charge is 0.244 e. The first-order chi connectivity index (χ1) is 10.5. The third-order valence-corrected chi connectivity index (χ3v) is 5.52. The summed E-state index contributed by atoms with van der Waals surface area (Å²) in [4.78, 5) is 0. The van der Waals surface area contributed by atoms with Crippen LogP contribution in [0.15, 0.2) is 0 Å². The van der Waals surface area contributed by atoms with Crippen LogP contribution >= 0.6 is 0 Å². The summed E-state index contributed by atoms with van der Waals surface area (Å²) < 4.78 is 142. The first-order valence-electron chi connectivity index (χ1n) is 6.65. The molecule has 0 atom stereocenters. The second kappa shape index (κ2) is 5.15. The van der Waals surface area contributed by atoms with Gasteiger partial charge in [0.2, 0.25) is 0 Å². The van der Waals surface area contributed by atoms with Crippen molar-refractivity contribution in [2.45, 2.75) is 55.5 Å². The van der Waals surface area contributed by atoms with Crippen molar-refractivity contribution in [1.82, 2.24) is 0 Å². The molecule has 0 amide bonds. The molecule has 0 aromatic rings. The largest absolute Gasteiger partial charge is 0.464 e. The van der Waals surface area contributed by atoms with Gasteiger partial charge in [-0.25, -0.2) is 4.74 Å². The molecule has 0 aromatic heterocycles. The Balaban J connectivity index is 2.33. The lowest BCUT2D eigenvalue weighted by atomic mass is 9.77. The molecule has 0 spiro atoms. The third kappa shape index (κ3) is 2.58. The molecule has 2 saturated carbocycles. The zero-order valence-corrected chi connectivity index (χ0v) is 12.5. The van der Waals surface area contributed by atoms with Gasteiger partial charge in [0.1, 0.15) is 0 Å². The van der Waals surface area contributed by atoms with E-state index in [0.29, 0.717) is 0 Å². The van der Waals surface area contributed by atoms with Crippen molar-refractivity contribution in [3.05, 3.63) is 0 Å². The van der Waals surface area contributed by atoms with Gasteiger partial charge < -0.3 is 0 Å². The summed E-state index contributed by atoms with van der Waals surface area (Å²) >= 11 is 0. The van der Waals surface area contributed by atoms with Crippen molar-refractivity contribution in [2.24, 2.45) is 11.3 Å². The van der Waals surface area contributed by atoms with Gasteiger partial charge in [0.25, 0.3) is 0 Å². The first kappa shape index (κ1) is 19.6. The van der Waals surface area contributed by atoms with Crippen LogP contribution < -0.4 is 0 Å². The average Bonchev–Trinajstić information content (AvgIpc) is 2.97. The number of hydrogen-bond donors (Lipinski definition) is 0. The van der Waals surface area contributed by atoms with Crippen LogP contribution in [-0.4, -0.2) is 31.8 Å². The molecule has 13 heteroatoms. The van der Waals surface area contributed by atoms with Crippen molar-refractivity contribution in [3.63, 3.8) is 0 Å². The molecule has 2 fully saturated rings. The van der Waals surface area contributed by atoms with Gasteiger partial charge in [0.05, 0.1) is 0 Å². The summed E-state index contributed by atoms with van der Waals surface area (Å²) in [5.74, 6) is -5.59. The molecule has 0 aromatic carbocycles. The number of hydrogen-bond acceptors (Lipinski definition) is 3. The fraction of sp³-hybridized carbons (Fsp3) is 1.00. The number of halogens is 9. The fourth-order valence-corrected chi connectivity index (χ4v) is 3.69. The van der Waals surface area contributed by atoms with E-state index in [2.05, 4.69) is 4.74 Å². The van der Waals surface area contributed by atoms with E-state index >= 15 is 0 Å². The maximum absolute atomic E-state index is 14.1. The second-order valence-electron chi connectivity index (χ2n) is 6.09. The Morgan fingerprint density at radius 2 is 1.33 bits per heavy atom. The minimum atomic E-state index is -7.40. The summed E-state index contributed by atoms with van der Waals surface area (Å²) in [5.41, 5.74) is -2.42. The Morgan fingerprint density at radius 3 is 1.67 bits per heavy atom. The minimum absolute atomic E-state index is 0.136. The highest BCUT2D eigenvalue weighted by Gasteiger charge is 2.78. The molecule has 0 aliphatic heterocycles. The highest BCUT2D eigenvalue weighted by molar-refractivity contribution is 7.87. The van der Waals surface area contributed by atoms with E-state index in [9.17, 15) is 47.4 Å². The molecule has 0 radical (unpaired) electrons. The van der Waals surface area contributed by atoms with Crippen LogP contribution in [0.5, 0.6) is 0 Å². The van der Waals surface area contributed by atoms with Crippen LogP contribution in [-0.2, 0) is 15.0 Å². The summed E-state index contributed by atoms with van der Waals surface area (Å²) in [6.45, 7) is 0. The molecule has 0 saturated heterocycles. The molecule has 0 unspecified atom stereocenters.